The van der Waals surface area contributed by atoms with Crippen LogP contribution in [-0.2, 0) is 9.84 Å². The van der Waals surface area contributed by atoms with Crippen molar-refractivity contribution in [2.75, 3.05) is 0 Å². The molecular weight excluding hydrogens is 298 g/mol. The summed E-state index contributed by atoms with van der Waals surface area (Å²) in [4.78, 5) is 3.68. The summed E-state index contributed by atoms with van der Waals surface area (Å²) < 4.78 is 28.1. The van der Waals surface area contributed by atoms with Crippen molar-refractivity contribution < 1.29 is 18.3 Å². The zero-order chi connectivity index (χ0) is 11.8. The van der Waals surface area contributed by atoms with E-state index in [-0.39, 0.29) is 21.3 Å². The molecule has 16 heavy (non-hydrogen) atoms. The van der Waals surface area contributed by atoms with Crippen molar-refractivity contribution >= 4 is 31.0 Å². The van der Waals surface area contributed by atoms with Gasteiger partial charge in [0.1, 0.15) is 16.1 Å². The van der Waals surface area contributed by atoms with Gasteiger partial charge in [-0.3, -0.25) is 0 Å². The summed E-state index contributed by atoms with van der Waals surface area (Å²) >= 11 is 2.95. The lowest BCUT2D eigenvalue weighted by atomic mass is 10.3. The monoisotopic (exact) mass is 303 g/mol. The fraction of sp³-hybridized carbons (Fsp3) is 0. The van der Waals surface area contributed by atoms with Crippen molar-refractivity contribution in [3.63, 3.8) is 0 Å². The second-order valence-corrected chi connectivity index (χ2v) is 5.45. The van der Waals surface area contributed by atoms with Crippen molar-refractivity contribution in [3.05, 3.63) is 34.3 Å². The standard InChI is InChI=1S/C9H6BrNO4S/c10-8-5-16(13,14)9(11-8)15-7-3-1-6(12)2-4-7/h1-5,12H. The summed E-state index contributed by atoms with van der Waals surface area (Å²) in [6.07, 6.45) is 0. The molecule has 1 aromatic carbocycles. The molecule has 5 nitrogen and oxygen atoms in total. The zero-order valence-electron chi connectivity index (χ0n) is 7.79. The maximum absolute atomic E-state index is 11.4. The molecule has 1 aromatic rings. The van der Waals surface area contributed by atoms with E-state index in [0.717, 1.165) is 5.41 Å². The van der Waals surface area contributed by atoms with E-state index in [4.69, 9.17) is 9.84 Å². The van der Waals surface area contributed by atoms with Crippen molar-refractivity contribution in [1.82, 2.24) is 0 Å². The Kier molecular flexibility index (Phi) is 2.73. The molecule has 7 heteroatoms. The molecule has 0 saturated heterocycles. The molecule has 0 atom stereocenters. The molecule has 2 rings (SSSR count). The lowest BCUT2D eigenvalue weighted by molar-refractivity contribution is 0.473. The van der Waals surface area contributed by atoms with Gasteiger partial charge in [-0.25, -0.2) is 8.42 Å². The highest BCUT2D eigenvalue weighted by Crippen LogP contribution is 2.23. The Labute approximate surface area is 100 Å². The van der Waals surface area contributed by atoms with E-state index in [1.54, 1.807) is 0 Å². The number of hydrogen-bond acceptors (Lipinski definition) is 5. The Hall–Kier alpha value is -1.34. The zero-order valence-corrected chi connectivity index (χ0v) is 10.2. The Bertz CT molecular complexity index is 574. The smallest absolute Gasteiger partial charge is 0.320 e. The molecule has 0 radical (unpaired) electrons. The average molecular weight is 304 g/mol. The van der Waals surface area contributed by atoms with Gasteiger partial charge in [0.2, 0.25) is 0 Å². The first-order valence-electron chi connectivity index (χ1n) is 4.15. The van der Waals surface area contributed by atoms with Gasteiger partial charge in [0.05, 0.1) is 5.41 Å². The van der Waals surface area contributed by atoms with Crippen LogP contribution in [0.4, 0.5) is 0 Å². The van der Waals surface area contributed by atoms with E-state index >= 15 is 0 Å². The van der Waals surface area contributed by atoms with Crippen molar-refractivity contribution in [3.8, 4) is 11.5 Å². The molecule has 0 saturated carbocycles. The Morgan fingerprint density at radius 3 is 2.38 bits per heavy atom. The van der Waals surface area contributed by atoms with Crippen LogP contribution in [0.3, 0.4) is 0 Å². The highest BCUT2D eigenvalue weighted by molar-refractivity contribution is 9.11. The second kappa shape index (κ2) is 3.91. The third-order valence-corrected chi connectivity index (χ3v) is 3.64. The van der Waals surface area contributed by atoms with Crippen molar-refractivity contribution in [2.24, 2.45) is 4.99 Å². The Balaban J connectivity index is 2.25. The number of phenols is 1. The summed E-state index contributed by atoms with van der Waals surface area (Å²) in [6, 6.07) is 5.67. The Morgan fingerprint density at radius 2 is 1.88 bits per heavy atom. The minimum absolute atomic E-state index is 0.0721. The van der Waals surface area contributed by atoms with Gasteiger partial charge in [0, 0.05) is 0 Å². The minimum Gasteiger partial charge on any atom is -0.508 e. The first-order chi connectivity index (χ1) is 7.47. The van der Waals surface area contributed by atoms with E-state index in [0.29, 0.717) is 0 Å². The number of aromatic hydroxyl groups is 1. The van der Waals surface area contributed by atoms with Gasteiger partial charge in [-0.2, -0.15) is 4.99 Å². The number of phenolic OH excluding ortho intramolecular Hbond substituents is 1. The van der Waals surface area contributed by atoms with Gasteiger partial charge >= 0.3 is 5.23 Å². The van der Waals surface area contributed by atoms with Crippen LogP contribution < -0.4 is 4.74 Å². The van der Waals surface area contributed by atoms with Gasteiger partial charge in [0.15, 0.2) is 0 Å². The fourth-order valence-electron chi connectivity index (χ4n) is 1.05. The molecule has 1 aliphatic heterocycles. The second-order valence-electron chi connectivity index (χ2n) is 2.96. The molecule has 0 aliphatic carbocycles. The molecule has 0 bridgehead atoms. The van der Waals surface area contributed by atoms with Crippen LogP contribution in [0.25, 0.3) is 0 Å². The molecule has 84 valence electrons. The molecule has 0 amide bonds. The molecule has 1 N–H and O–H groups in total. The topological polar surface area (TPSA) is 76.0 Å². The molecule has 0 spiro atoms. The maximum atomic E-state index is 11.4. The lowest BCUT2D eigenvalue weighted by Crippen LogP contribution is -2.15. The van der Waals surface area contributed by atoms with Crippen molar-refractivity contribution in [2.45, 2.75) is 0 Å². The Morgan fingerprint density at radius 1 is 1.25 bits per heavy atom. The predicted molar refractivity (Wildman–Crippen MR) is 62.1 cm³/mol. The summed E-state index contributed by atoms with van der Waals surface area (Å²) in [6.45, 7) is 0. The van der Waals surface area contributed by atoms with Crippen LogP contribution in [0, 0.1) is 0 Å². The van der Waals surface area contributed by atoms with Crippen LogP contribution in [0.15, 0.2) is 39.3 Å². The van der Waals surface area contributed by atoms with Gasteiger partial charge in [0.25, 0.3) is 9.84 Å². The van der Waals surface area contributed by atoms with Crippen molar-refractivity contribution in [1.29, 1.82) is 0 Å². The number of hydrogen-bond donors (Lipinski definition) is 1. The van der Waals surface area contributed by atoms with E-state index < -0.39 is 9.84 Å². The van der Waals surface area contributed by atoms with E-state index in [9.17, 15) is 8.42 Å². The number of ether oxygens (including phenoxy) is 1. The molecule has 0 unspecified atom stereocenters. The average Bonchev–Trinajstić information content (AvgIpc) is 2.43. The highest BCUT2D eigenvalue weighted by atomic mass is 79.9. The third kappa shape index (κ3) is 2.25. The number of benzene rings is 1. The summed E-state index contributed by atoms with van der Waals surface area (Å²) in [5, 5.41) is 9.62. The predicted octanol–water partition coefficient (Wildman–Crippen LogP) is 1.75. The molecule has 0 aromatic heterocycles. The lowest BCUT2D eigenvalue weighted by Gasteiger charge is -2.03. The van der Waals surface area contributed by atoms with Crippen LogP contribution in [0.2, 0.25) is 0 Å². The minimum atomic E-state index is -3.59. The highest BCUT2D eigenvalue weighted by Gasteiger charge is 2.26. The summed E-state index contributed by atoms with van der Waals surface area (Å²) in [5.41, 5.74) is 0. The molecule has 0 fully saturated rings. The summed E-state index contributed by atoms with van der Waals surface area (Å²) in [5.74, 6) is 0.360. The van der Waals surface area contributed by atoms with E-state index in [2.05, 4.69) is 20.9 Å². The number of sulfone groups is 1. The fourth-order valence-corrected chi connectivity index (χ4v) is 2.92. The third-order valence-electron chi connectivity index (χ3n) is 1.74. The normalized spacial score (nSPS) is 17.8. The number of aliphatic imine (C=N–C) groups is 1. The quantitative estimate of drug-likeness (QED) is 0.802. The number of rotatable bonds is 1. The molecular formula is C9H6BrNO4S. The largest absolute Gasteiger partial charge is 0.508 e. The first kappa shape index (κ1) is 11.2. The molecule has 1 heterocycles. The van der Waals surface area contributed by atoms with Crippen LogP contribution in [0.1, 0.15) is 0 Å². The van der Waals surface area contributed by atoms with Gasteiger partial charge in [-0.05, 0) is 40.2 Å². The van der Waals surface area contributed by atoms with Gasteiger partial charge < -0.3 is 9.84 Å². The maximum Gasteiger partial charge on any atom is 0.320 e. The van der Waals surface area contributed by atoms with E-state index in [1.165, 1.54) is 24.3 Å². The number of halogens is 1. The molecule has 1 aliphatic rings. The van der Waals surface area contributed by atoms with Gasteiger partial charge in [-0.1, -0.05) is 0 Å². The van der Waals surface area contributed by atoms with Gasteiger partial charge in [-0.15, -0.1) is 0 Å². The summed E-state index contributed by atoms with van der Waals surface area (Å²) in [7, 11) is -3.59. The van der Waals surface area contributed by atoms with E-state index in [1.807, 2.05) is 0 Å². The van der Waals surface area contributed by atoms with Crippen LogP contribution >= 0.6 is 15.9 Å². The number of nitrogens with zero attached hydrogens (tertiary/aromatic N) is 1. The van der Waals surface area contributed by atoms with Crippen LogP contribution in [-0.4, -0.2) is 18.8 Å². The first-order valence-corrected chi connectivity index (χ1v) is 6.49. The van der Waals surface area contributed by atoms with Crippen LogP contribution in [0.5, 0.6) is 11.5 Å². The SMILES string of the molecule is O=S1(=O)C=C(Br)N=C1Oc1ccc(O)cc1.